The highest BCUT2D eigenvalue weighted by Crippen LogP contribution is 2.34. The molecule has 2 atom stereocenters. The van der Waals surface area contributed by atoms with Crippen LogP contribution >= 0.6 is 11.6 Å². The lowest BCUT2D eigenvalue weighted by molar-refractivity contribution is -0.274. The van der Waals surface area contributed by atoms with Crippen molar-refractivity contribution in [3.8, 4) is 17.5 Å². The van der Waals surface area contributed by atoms with E-state index < -0.39 is 23.0 Å². The summed E-state index contributed by atoms with van der Waals surface area (Å²) in [6, 6.07) is 5.37. The summed E-state index contributed by atoms with van der Waals surface area (Å²) < 4.78 is 68.7. The van der Waals surface area contributed by atoms with Gasteiger partial charge in [-0.2, -0.15) is 4.98 Å². The highest BCUT2D eigenvalue weighted by molar-refractivity contribution is 6.31. The Balaban J connectivity index is 1.34. The first-order chi connectivity index (χ1) is 21.9. The molecule has 1 saturated heterocycles. The van der Waals surface area contributed by atoms with Crippen molar-refractivity contribution in [3.63, 3.8) is 0 Å². The lowest BCUT2D eigenvalue weighted by Crippen LogP contribution is -2.41. The molecule has 0 saturated carbocycles. The van der Waals surface area contributed by atoms with Gasteiger partial charge in [0, 0.05) is 43.1 Å². The summed E-state index contributed by atoms with van der Waals surface area (Å²) in [6.45, 7) is 3.32. The molecule has 1 aromatic carbocycles. The van der Waals surface area contributed by atoms with Crippen molar-refractivity contribution in [2.75, 3.05) is 26.4 Å². The number of allylic oxidation sites excluding steroid dienone is 4. The van der Waals surface area contributed by atoms with Gasteiger partial charge in [-0.3, -0.25) is 18.5 Å². The van der Waals surface area contributed by atoms with E-state index in [2.05, 4.69) is 9.72 Å². The Morgan fingerprint density at radius 2 is 1.89 bits per heavy atom. The van der Waals surface area contributed by atoms with E-state index in [9.17, 15) is 22.8 Å². The largest absolute Gasteiger partial charge is 0.573 e. The van der Waals surface area contributed by atoms with Crippen molar-refractivity contribution in [3.05, 3.63) is 68.4 Å². The van der Waals surface area contributed by atoms with Gasteiger partial charge in [-0.25, -0.2) is 4.79 Å². The van der Waals surface area contributed by atoms with Crippen molar-refractivity contribution in [1.82, 2.24) is 18.7 Å². The quantitative estimate of drug-likeness (QED) is 0.227. The van der Waals surface area contributed by atoms with Crippen LogP contribution in [-0.4, -0.2) is 57.8 Å². The first-order valence-corrected chi connectivity index (χ1v) is 15.4. The van der Waals surface area contributed by atoms with Gasteiger partial charge in [0.15, 0.2) is 17.5 Å². The van der Waals surface area contributed by atoms with Crippen LogP contribution in [0.15, 0.2) is 57.1 Å². The number of aryl methyl sites for hydroxylation is 1. The summed E-state index contributed by atoms with van der Waals surface area (Å²) in [5.41, 5.74) is -1.11. The molecule has 0 N–H and O–H groups in total. The summed E-state index contributed by atoms with van der Waals surface area (Å²) >= 11 is 6.17. The van der Waals surface area contributed by atoms with Crippen LogP contribution in [0.3, 0.4) is 0 Å². The molecule has 11 nitrogen and oxygen atoms in total. The molecule has 0 amide bonds. The average Bonchev–Trinajstić information content (AvgIpc) is 3.36. The Morgan fingerprint density at radius 3 is 2.61 bits per heavy atom. The molecule has 1 fully saturated rings. The summed E-state index contributed by atoms with van der Waals surface area (Å²) in [5.74, 6) is -0.186. The standard InChI is InChI=1S/C31H36ClF3N4O7/c1-30(12-10-21(32)11-13-30)20-39-25-26(37(2)29(41)38(27(25)40)14-18-44-24-9-3-4-15-43-24)36-28(39)45-17-6-16-42-22-7-5-8-23(19-22)46-31(33,34)35/h5,7-8,10-12,19,24H,3-4,6,9,13-18,20H2,1-2H3. The predicted molar refractivity (Wildman–Crippen MR) is 163 cm³/mol. The van der Waals surface area contributed by atoms with Crippen molar-refractivity contribution < 1.29 is 36.9 Å². The van der Waals surface area contributed by atoms with Crippen LogP contribution in [0.5, 0.6) is 17.5 Å². The SMILES string of the molecule is Cn1c(=O)n(CCOC2CCCCO2)c(=O)c2c1nc(OCCCOc1cccc(OC(F)(F)F)c1)n2CC1(C)C=CC(Cl)=CC1. The van der Waals surface area contributed by atoms with Gasteiger partial charge in [0.2, 0.25) is 0 Å². The number of alkyl halides is 3. The number of nitrogens with zero attached hydrogens (tertiary/aromatic N) is 4. The summed E-state index contributed by atoms with van der Waals surface area (Å²) in [6.07, 6.45) is 4.15. The minimum absolute atomic E-state index is 0.0325. The maximum absolute atomic E-state index is 13.9. The highest BCUT2D eigenvalue weighted by Gasteiger charge is 2.31. The molecule has 5 rings (SSSR count). The van der Waals surface area contributed by atoms with E-state index >= 15 is 0 Å². The zero-order chi connectivity index (χ0) is 32.9. The van der Waals surface area contributed by atoms with Crippen LogP contribution in [0.2, 0.25) is 0 Å². The van der Waals surface area contributed by atoms with Gasteiger partial charge in [-0.1, -0.05) is 36.7 Å². The lowest BCUT2D eigenvalue weighted by atomic mass is 9.83. The zero-order valence-electron chi connectivity index (χ0n) is 25.6. The third-order valence-electron chi connectivity index (χ3n) is 7.71. The fourth-order valence-electron chi connectivity index (χ4n) is 5.32. The Hall–Kier alpha value is -3.75. The third-order valence-corrected chi connectivity index (χ3v) is 7.99. The van der Waals surface area contributed by atoms with E-state index in [-0.39, 0.29) is 61.3 Å². The Morgan fingerprint density at radius 1 is 1.11 bits per heavy atom. The van der Waals surface area contributed by atoms with E-state index in [1.807, 2.05) is 19.1 Å². The van der Waals surface area contributed by atoms with Gasteiger partial charge in [0.1, 0.15) is 11.5 Å². The number of halogens is 4. The number of fused-ring (bicyclic) bond motifs is 1. The molecule has 0 bridgehead atoms. The van der Waals surface area contributed by atoms with Gasteiger partial charge >= 0.3 is 12.1 Å². The van der Waals surface area contributed by atoms with Crippen LogP contribution in [0.4, 0.5) is 13.2 Å². The number of aromatic nitrogens is 4. The van der Waals surface area contributed by atoms with E-state index in [0.29, 0.717) is 31.0 Å². The van der Waals surface area contributed by atoms with Crippen molar-refractivity contribution in [2.24, 2.45) is 12.5 Å². The molecule has 2 aromatic heterocycles. The van der Waals surface area contributed by atoms with Gasteiger partial charge in [0.25, 0.3) is 11.6 Å². The van der Waals surface area contributed by atoms with E-state index in [1.165, 1.54) is 22.8 Å². The average molecular weight is 669 g/mol. The molecule has 15 heteroatoms. The maximum Gasteiger partial charge on any atom is 0.573 e. The number of benzene rings is 1. The number of imidazole rings is 1. The second-order valence-electron chi connectivity index (χ2n) is 11.5. The van der Waals surface area contributed by atoms with E-state index in [0.717, 1.165) is 29.9 Å². The maximum atomic E-state index is 13.9. The molecular formula is C31H36ClF3N4O7. The van der Waals surface area contributed by atoms with Gasteiger partial charge in [0.05, 0.1) is 26.4 Å². The molecule has 3 heterocycles. The number of ether oxygens (including phenoxy) is 5. The van der Waals surface area contributed by atoms with E-state index in [1.54, 1.807) is 17.7 Å². The molecule has 1 aliphatic carbocycles. The lowest BCUT2D eigenvalue weighted by Gasteiger charge is -2.28. The van der Waals surface area contributed by atoms with Gasteiger partial charge in [-0.15, -0.1) is 13.2 Å². The monoisotopic (exact) mass is 668 g/mol. The molecule has 2 unspecified atom stereocenters. The molecule has 250 valence electrons. The Kier molecular flexibility index (Phi) is 10.5. The number of hydrogen-bond donors (Lipinski definition) is 0. The van der Waals surface area contributed by atoms with E-state index in [4.69, 9.17) is 30.5 Å². The number of rotatable bonds is 13. The minimum atomic E-state index is -4.81. The van der Waals surface area contributed by atoms with Crippen LogP contribution in [0.1, 0.15) is 39.0 Å². The van der Waals surface area contributed by atoms with Crippen molar-refractivity contribution >= 4 is 22.8 Å². The Bertz CT molecular complexity index is 1710. The van der Waals surface area contributed by atoms with Gasteiger partial charge < -0.3 is 23.7 Å². The number of hydrogen-bond acceptors (Lipinski definition) is 8. The van der Waals surface area contributed by atoms with Crippen molar-refractivity contribution in [2.45, 2.75) is 64.8 Å². The van der Waals surface area contributed by atoms with Crippen molar-refractivity contribution in [1.29, 1.82) is 0 Å². The molecule has 2 aliphatic rings. The van der Waals surface area contributed by atoms with Crippen LogP contribution < -0.4 is 25.5 Å². The zero-order valence-corrected chi connectivity index (χ0v) is 26.3. The molecular weight excluding hydrogens is 633 g/mol. The van der Waals surface area contributed by atoms with Crippen LogP contribution in [0, 0.1) is 5.41 Å². The molecule has 46 heavy (non-hydrogen) atoms. The topological polar surface area (TPSA) is 108 Å². The molecule has 0 radical (unpaired) electrons. The fraction of sp³-hybridized carbons (Fsp3) is 0.516. The summed E-state index contributed by atoms with van der Waals surface area (Å²) in [7, 11) is 1.54. The molecule has 3 aromatic rings. The second-order valence-corrected chi connectivity index (χ2v) is 11.9. The fourth-order valence-corrected chi connectivity index (χ4v) is 5.46. The highest BCUT2D eigenvalue weighted by atomic mass is 35.5. The third kappa shape index (κ3) is 8.34. The summed E-state index contributed by atoms with van der Waals surface area (Å²) in [4.78, 5) is 31.7. The smallest absolute Gasteiger partial charge is 0.493 e. The summed E-state index contributed by atoms with van der Waals surface area (Å²) in [5, 5.41) is 0.617. The first kappa shape index (κ1) is 33.6. The van der Waals surface area contributed by atoms with Crippen LogP contribution in [-0.2, 0) is 29.6 Å². The second kappa shape index (κ2) is 14.3. The van der Waals surface area contributed by atoms with Crippen LogP contribution in [0.25, 0.3) is 11.2 Å². The Labute approximate surface area is 267 Å². The predicted octanol–water partition coefficient (Wildman–Crippen LogP) is 5.28. The van der Waals surface area contributed by atoms with Gasteiger partial charge in [-0.05, 0) is 43.9 Å². The minimum Gasteiger partial charge on any atom is -0.493 e. The molecule has 1 aliphatic heterocycles. The normalized spacial score (nSPS) is 20.1. The molecule has 0 spiro atoms. The first-order valence-electron chi connectivity index (χ1n) is 15.0.